The molecule has 6 nitrogen and oxygen atoms in total. The summed E-state index contributed by atoms with van der Waals surface area (Å²) in [5.41, 5.74) is 4.65. The third kappa shape index (κ3) is 3.98. The number of aromatic nitrogens is 2. The van der Waals surface area contributed by atoms with E-state index in [9.17, 15) is 4.79 Å². The molecule has 0 saturated heterocycles. The lowest BCUT2D eigenvalue weighted by molar-refractivity contribution is -0.139. The van der Waals surface area contributed by atoms with Gasteiger partial charge in [0.1, 0.15) is 11.4 Å². The number of carbonyl (C=O) groups excluding carboxylic acids is 1. The maximum absolute atomic E-state index is 13.2. The Bertz CT molecular complexity index is 945. The summed E-state index contributed by atoms with van der Waals surface area (Å²) in [5.74, 6) is 1.43. The number of amides is 1. The van der Waals surface area contributed by atoms with Gasteiger partial charge in [-0.1, -0.05) is 25.5 Å². The predicted octanol–water partition coefficient (Wildman–Crippen LogP) is 3.94. The molecule has 2 heterocycles. The lowest BCUT2D eigenvalue weighted by Crippen LogP contribution is -2.40. The van der Waals surface area contributed by atoms with Gasteiger partial charge in [0, 0.05) is 37.0 Å². The fourth-order valence-electron chi connectivity index (χ4n) is 5.00. The quantitative estimate of drug-likeness (QED) is 0.647. The molecule has 2 fully saturated rings. The van der Waals surface area contributed by atoms with E-state index in [0.717, 1.165) is 75.3 Å². The molecule has 1 amide bonds. The highest BCUT2D eigenvalue weighted by molar-refractivity contribution is 5.80. The fourth-order valence-corrected chi connectivity index (χ4v) is 5.00. The van der Waals surface area contributed by atoms with E-state index < -0.39 is 0 Å². The van der Waals surface area contributed by atoms with Gasteiger partial charge in [0.2, 0.25) is 5.91 Å². The van der Waals surface area contributed by atoms with Crippen molar-refractivity contribution in [2.24, 2.45) is 5.92 Å². The molecule has 3 aliphatic rings. The zero-order chi connectivity index (χ0) is 21.4. The number of carbonyl (C=O) groups is 1. The smallest absolute Gasteiger partial charge is 0.226 e. The van der Waals surface area contributed by atoms with Crippen LogP contribution in [-0.2, 0) is 24.3 Å². The summed E-state index contributed by atoms with van der Waals surface area (Å²) in [6.45, 7) is 5.95. The van der Waals surface area contributed by atoms with E-state index in [4.69, 9.17) is 9.84 Å². The van der Waals surface area contributed by atoms with E-state index in [1.54, 1.807) is 7.11 Å². The van der Waals surface area contributed by atoms with Crippen LogP contribution in [0.1, 0.15) is 62.4 Å². The molecule has 6 heteroatoms. The van der Waals surface area contributed by atoms with Crippen molar-refractivity contribution in [3.63, 3.8) is 0 Å². The Morgan fingerprint density at radius 3 is 2.71 bits per heavy atom. The van der Waals surface area contributed by atoms with Gasteiger partial charge >= 0.3 is 0 Å². The second-order valence-electron chi connectivity index (χ2n) is 9.31. The Morgan fingerprint density at radius 1 is 1.23 bits per heavy atom. The van der Waals surface area contributed by atoms with Gasteiger partial charge in [-0.05, 0) is 50.8 Å². The van der Waals surface area contributed by atoms with Gasteiger partial charge in [0.15, 0.2) is 0 Å². The second-order valence-corrected chi connectivity index (χ2v) is 9.31. The molecule has 0 spiro atoms. The molecule has 0 radical (unpaired) electrons. The molecular weight excluding hydrogens is 388 g/mol. The summed E-state index contributed by atoms with van der Waals surface area (Å²) in [5, 5.41) is 5.12. The molecule has 31 heavy (non-hydrogen) atoms. The Hall–Kier alpha value is -2.34. The third-order valence-corrected chi connectivity index (χ3v) is 7.12. The van der Waals surface area contributed by atoms with Crippen molar-refractivity contribution in [2.45, 2.75) is 71.0 Å². The Kier molecular flexibility index (Phi) is 5.74. The van der Waals surface area contributed by atoms with Crippen LogP contribution < -0.4 is 4.74 Å². The summed E-state index contributed by atoms with van der Waals surface area (Å²) >= 11 is 0. The number of methoxy groups -OCH3 is 1. The molecular formula is C25H34N4O2. The highest BCUT2D eigenvalue weighted by atomic mass is 16.5. The van der Waals surface area contributed by atoms with Crippen molar-refractivity contribution in [2.75, 3.05) is 20.2 Å². The number of ether oxygens (including phenoxy) is 1. The first-order valence-corrected chi connectivity index (χ1v) is 12.0. The van der Waals surface area contributed by atoms with Crippen molar-refractivity contribution in [1.29, 1.82) is 0 Å². The lowest BCUT2D eigenvalue weighted by Gasteiger charge is -2.32. The largest absolute Gasteiger partial charge is 0.494 e. The normalized spacial score (nSPS) is 19.0. The minimum absolute atomic E-state index is 0.240. The molecule has 0 N–H and O–H groups in total. The van der Waals surface area contributed by atoms with Gasteiger partial charge in [-0.15, -0.1) is 0 Å². The molecule has 2 aliphatic carbocycles. The predicted molar refractivity (Wildman–Crippen MR) is 120 cm³/mol. The van der Waals surface area contributed by atoms with Crippen molar-refractivity contribution in [1.82, 2.24) is 19.6 Å². The van der Waals surface area contributed by atoms with Crippen LogP contribution in [-0.4, -0.2) is 51.7 Å². The van der Waals surface area contributed by atoms with Crippen molar-refractivity contribution in [3.05, 3.63) is 41.2 Å². The molecule has 1 aliphatic heterocycles. The highest BCUT2D eigenvalue weighted by Gasteiger charge is 2.39. The van der Waals surface area contributed by atoms with Gasteiger partial charge in [-0.2, -0.15) is 5.10 Å². The number of nitrogens with zero attached hydrogens (tertiary/aromatic N) is 4. The average Bonchev–Trinajstić information content (AvgIpc) is 3.53. The first kappa shape index (κ1) is 20.6. The maximum atomic E-state index is 13.2. The number of hydrogen-bond donors (Lipinski definition) is 0. The minimum atomic E-state index is 0.240. The van der Waals surface area contributed by atoms with E-state index in [1.165, 1.54) is 17.7 Å². The molecule has 2 saturated carbocycles. The summed E-state index contributed by atoms with van der Waals surface area (Å²) in [4.78, 5) is 17.9. The summed E-state index contributed by atoms with van der Waals surface area (Å²) in [6, 6.07) is 8.51. The zero-order valence-electron chi connectivity index (χ0n) is 18.8. The first-order valence-electron chi connectivity index (χ1n) is 12.0. The van der Waals surface area contributed by atoms with Crippen LogP contribution in [0.3, 0.4) is 0 Å². The zero-order valence-corrected chi connectivity index (χ0v) is 18.8. The van der Waals surface area contributed by atoms with Gasteiger partial charge in [-0.3, -0.25) is 9.69 Å². The van der Waals surface area contributed by atoms with Crippen LogP contribution in [0.4, 0.5) is 0 Å². The minimum Gasteiger partial charge on any atom is -0.494 e. The standard InChI is InChI=1S/C25H34N4O2/c1-3-14-27-15-13-22-20(16-27)21(26-29(22)23-9-4-5-10-24(23)31-2)17-28(19-11-12-19)25(30)18-7-6-8-18/h4-5,9-10,18-19H,3,6-8,11-17H2,1-2H3. The number of rotatable bonds is 8. The van der Waals surface area contributed by atoms with Crippen molar-refractivity contribution < 1.29 is 9.53 Å². The lowest BCUT2D eigenvalue weighted by atomic mass is 9.84. The monoisotopic (exact) mass is 422 g/mol. The van der Waals surface area contributed by atoms with Crippen molar-refractivity contribution >= 4 is 5.91 Å². The molecule has 0 atom stereocenters. The summed E-state index contributed by atoms with van der Waals surface area (Å²) in [6.07, 6.45) is 7.70. The number of hydrogen-bond acceptors (Lipinski definition) is 4. The third-order valence-electron chi connectivity index (χ3n) is 7.12. The molecule has 1 aromatic carbocycles. The Labute approximate surface area is 185 Å². The first-order chi connectivity index (χ1) is 15.2. The number of benzene rings is 1. The average molecular weight is 423 g/mol. The molecule has 0 unspecified atom stereocenters. The van der Waals surface area contributed by atoms with Crippen LogP contribution in [0.25, 0.3) is 5.69 Å². The summed E-state index contributed by atoms with van der Waals surface area (Å²) < 4.78 is 7.73. The van der Waals surface area contributed by atoms with Crippen LogP contribution in [0, 0.1) is 5.92 Å². The van der Waals surface area contributed by atoms with Gasteiger partial charge in [-0.25, -0.2) is 4.68 Å². The number of fused-ring (bicyclic) bond motifs is 1. The van der Waals surface area contributed by atoms with E-state index >= 15 is 0 Å². The van der Waals surface area contributed by atoms with Gasteiger partial charge in [0.05, 0.1) is 25.0 Å². The molecule has 1 aromatic heterocycles. The molecule has 5 rings (SSSR count). The van der Waals surface area contributed by atoms with Crippen LogP contribution >= 0.6 is 0 Å². The van der Waals surface area contributed by atoms with Crippen LogP contribution in [0.2, 0.25) is 0 Å². The fraction of sp³-hybridized carbons (Fsp3) is 0.600. The summed E-state index contributed by atoms with van der Waals surface area (Å²) in [7, 11) is 1.71. The maximum Gasteiger partial charge on any atom is 0.226 e. The highest BCUT2D eigenvalue weighted by Crippen LogP contribution is 2.36. The molecule has 2 aromatic rings. The second kappa shape index (κ2) is 8.65. The van der Waals surface area contributed by atoms with Gasteiger partial charge in [0.25, 0.3) is 0 Å². The van der Waals surface area contributed by atoms with E-state index in [-0.39, 0.29) is 5.92 Å². The number of para-hydroxylation sites is 2. The van der Waals surface area contributed by atoms with Crippen LogP contribution in [0.15, 0.2) is 24.3 Å². The SMILES string of the molecule is CCCN1CCc2c(c(CN(C(=O)C3CCC3)C3CC3)nn2-c2ccccc2OC)C1. The van der Waals surface area contributed by atoms with E-state index in [2.05, 4.69) is 27.5 Å². The Morgan fingerprint density at radius 2 is 2.03 bits per heavy atom. The molecule has 166 valence electrons. The topological polar surface area (TPSA) is 50.6 Å². The molecule has 0 bridgehead atoms. The van der Waals surface area contributed by atoms with Gasteiger partial charge < -0.3 is 9.64 Å². The van der Waals surface area contributed by atoms with Crippen LogP contribution in [0.5, 0.6) is 5.75 Å². The van der Waals surface area contributed by atoms with Crippen molar-refractivity contribution in [3.8, 4) is 11.4 Å². The van der Waals surface area contributed by atoms with E-state index in [0.29, 0.717) is 18.5 Å². The van der Waals surface area contributed by atoms with E-state index in [1.807, 2.05) is 18.2 Å². The Balaban J connectivity index is 1.51.